The summed E-state index contributed by atoms with van der Waals surface area (Å²) in [5, 5.41) is 13.0. The van der Waals surface area contributed by atoms with Crippen molar-refractivity contribution in [1.29, 1.82) is 0 Å². The van der Waals surface area contributed by atoms with Crippen molar-refractivity contribution in [2.75, 3.05) is 6.61 Å². The Morgan fingerprint density at radius 3 is 2.42 bits per heavy atom. The van der Waals surface area contributed by atoms with Crippen LogP contribution in [0.3, 0.4) is 0 Å². The molecule has 2 unspecified atom stereocenters. The molecule has 2 rings (SSSR count). The smallest absolute Gasteiger partial charge is 0.223 e. The van der Waals surface area contributed by atoms with E-state index in [1.165, 1.54) is 32.1 Å². The van der Waals surface area contributed by atoms with Gasteiger partial charge >= 0.3 is 0 Å². The molecule has 0 aliphatic heterocycles. The lowest BCUT2D eigenvalue weighted by Gasteiger charge is -2.40. The van der Waals surface area contributed by atoms with Gasteiger partial charge in [-0.1, -0.05) is 45.4 Å². The van der Waals surface area contributed by atoms with E-state index < -0.39 is 0 Å². The number of hydrogen-bond donors (Lipinski definition) is 2. The van der Waals surface area contributed by atoms with E-state index in [1.807, 2.05) is 0 Å². The Bertz CT molecular complexity index is 297. The molecule has 2 saturated carbocycles. The molecule has 0 spiro atoms. The van der Waals surface area contributed by atoms with Crippen molar-refractivity contribution in [1.82, 2.24) is 5.32 Å². The molecule has 2 atom stereocenters. The zero-order valence-electron chi connectivity index (χ0n) is 12.3. The lowest BCUT2D eigenvalue weighted by molar-refractivity contribution is -0.128. The van der Waals surface area contributed by atoms with Crippen LogP contribution in [0.1, 0.15) is 71.1 Å². The predicted molar refractivity (Wildman–Crippen MR) is 76.8 cm³/mol. The number of carbonyl (C=O) groups is 1. The molecule has 2 aliphatic rings. The molecule has 3 heteroatoms. The standard InChI is InChI=1S/C16H29NO2/c1-13-7-6-10-16(11-13,12-18)17-15(19)14-8-4-2-3-5-9-14/h13-14,18H,2-12H2,1H3,(H,17,19). The Kier molecular flexibility index (Phi) is 5.26. The van der Waals surface area contributed by atoms with Crippen LogP contribution in [0.15, 0.2) is 0 Å². The van der Waals surface area contributed by atoms with Crippen LogP contribution in [-0.2, 0) is 4.79 Å². The zero-order valence-corrected chi connectivity index (χ0v) is 12.3. The van der Waals surface area contributed by atoms with Crippen molar-refractivity contribution in [3.63, 3.8) is 0 Å². The number of nitrogens with one attached hydrogen (secondary N) is 1. The molecular formula is C16H29NO2. The molecule has 0 bridgehead atoms. The first-order valence-corrected chi connectivity index (χ1v) is 8.08. The number of carbonyl (C=O) groups excluding carboxylic acids is 1. The molecule has 110 valence electrons. The quantitative estimate of drug-likeness (QED) is 0.772. The summed E-state index contributed by atoms with van der Waals surface area (Å²) >= 11 is 0. The zero-order chi connectivity index (χ0) is 13.7. The molecule has 0 aromatic rings. The van der Waals surface area contributed by atoms with Crippen LogP contribution < -0.4 is 5.32 Å². The predicted octanol–water partition coefficient (Wildman–Crippen LogP) is 3.01. The summed E-state index contributed by atoms with van der Waals surface area (Å²) in [6, 6.07) is 0. The lowest BCUT2D eigenvalue weighted by Crippen LogP contribution is -2.55. The summed E-state index contributed by atoms with van der Waals surface area (Å²) < 4.78 is 0. The summed E-state index contributed by atoms with van der Waals surface area (Å²) in [5.74, 6) is 0.989. The van der Waals surface area contributed by atoms with E-state index in [0.29, 0.717) is 5.92 Å². The van der Waals surface area contributed by atoms with Crippen LogP contribution in [0.4, 0.5) is 0 Å². The third-order valence-corrected chi connectivity index (χ3v) is 5.01. The van der Waals surface area contributed by atoms with Gasteiger partial charge in [0.05, 0.1) is 12.1 Å². The largest absolute Gasteiger partial charge is 0.394 e. The van der Waals surface area contributed by atoms with Crippen LogP contribution in [-0.4, -0.2) is 23.2 Å². The van der Waals surface area contributed by atoms with E-state index in [9.17, 15) is 9.90 Å². The summed E-state index contributed by atoms with van der Waals surface area (Å²) in [6.45, 7) is 2.32. The fourth-order valence-corrected chi connectivity index (χ4v) is 3.86. The van der Waals surface area contributed by atoms with Gasteiger partial charge in [0.2, 0.25) is 5.91 Å². The van der Waals surface area contributed by atoms with Gasteiger partial charge in [-0.05, 0) is 31.6 Å². The number of amides is 1. The van der Waals surface area contributed by atoms with Crippen LogP contribution in [0.5, 0.6) is 0 Å². The number of aliphatic hydroxyl groups is 1. The van der Waals surface area contributed by atoms with Crippen molar-refractivity contribution < 1.29 is 9.90 Å². The fraction of sp³-hybridized carbons (Fsp3) is 0.938. The third kappa shape index (κ3) is 3.95. The molecule has 0 saturated heterocycles. The Labute approximate surface area is 117 Å². The van der Waals surface area contributed by atoms with E-state index in [0.717, 1.165) is 32.1 Å². The highest BCUT2D eigenvalue weighted by Crippen LogP contribution is 2.33. The van der Waals surface area contributed by atoms with Crippen molar-refractivity contribution >= 4 is 5.91 Å². The number of rotatable bonds is 3. The normalized spacial score (nSPS) is 33.7. The first kappa shape index (κ1) is 14.8. The van der Waals surface area contributed by atoms with Crippen LogP contribution >= 0.6 is 0 Å². The molecule has 3 nitrogen and oxygen atoms in total. The maximum Gasteiger partial charge on any atom is 0.223 e. The fourth-order valence-electron chi connectivity index (χ4n) is 3.86. The van der Waals surface area contributed by atoms with Gasteiger partial charge in [0.25, 0.3) is 0 Å². The summed E-state index contributed by atoms with van der Waals surface area (Å²) in [5.41, 5.74) is -0.332. The van der Waals surface area contributed by atoms with Gasteiger partial charge in [0.1, 0.15) is 0 Å². The molecule has 0 radical (unpaired) electrons. The summed E-state index contributed by atoms with van der Waals surface area (Å²) in [7, 11) is 0. The second-order valence-electron chi connectivity index (χ2n) is 6.82. The van der Waals surface area contributed by atoms with Gasteiger partial charge in [-0.15, -0.1) is 0 Å². The maximum absolute atomic E-state index is 12.5. The van der Waals surface area contributed by atoms with Gasteiger partial charge in [-0.3, -0.25) is 4.79 Å². The maximum atomic E-state index is 12.5. The van der Waals surface area contributed by atoms with Gasteiger partial charge in [0, 0.05) is 5.92 Å². The first-order chi connectivity index (χ1) is 9.15. The summed E-state index contributed by atoms with van der Waals surface area (Å²) in [6.07, 6.45) is 11.2. The first-order valence-electron chi connectivity index (χ1n) is 8.08. The highest BCUT2D eigenvalue weighted by atomic mass is 16.3. The molecule has 19 heavy (non-hydrogen) atoms. The van der Waals surface area contributed by atoms with Crippen LogP contribution in [0.2, 0.25) is 0 Å². The minimum absolute atomic E-state index is 0.0931. The van der Waals surface area contributed by atoms with Gasteiger partial charge < -0.3 is 10.4 Å². The average Bonchev–Trinajstić information content (AvgIpc) is 2.67. The monoisotopic (exact) mass is 267 g/mol. The van der Waals surface area contributed by atoms with Crippen molar-refractivity contribution in [2.45, 2.75) is 76.7 Å². The molecule has 2 fully saturated rings. The Hall–Kier alpha value is -0.570. The molecular weight excluding hydrogens is 238 g/mol. The molecule has 0 heterocycles. The minimum atomic E-state index is -0.332. The molecule has 1 amide bonds. The number of hydrogen-bond acceptors (Lipinski definition) is 2. The van der Waals surface area contributed by atoms with E-state index in [2.05, 4.69) is 12.2 Å². The third-order valence-electron chi connectivity index (χ3n) is 5.01. The van der Waals surface area contributed by atoms with Crippen molar-refractivity contribution in [2.24, 2.45) is 11.8 Å². The van der Waals surface area contributed by atoms with E-state index in [-0.39, 0.29) is 24.0 Å². The highest BCUT2D eigenvalue weighted by molar-refractivity contribution is 5.79. The van der Waals surface area contributed by atoms with Crippen LogP contribution in [0, 0.1) is 11.8 Å². The van der Waals surface area contributed by atoms with Crippen LogP contribution in [0.25, 0.3) is 0 Å². The summed E-state index contributed by atoms with van der Waals surface area (Å²) in [4.78, 5) is 12.5. The second-order valence-corrected chi connectivity index (χ2v) is 6.82. The number of aliphatic hydroxyl groups excluding tert-OH is 1. The van der Waals surface area contributed by atoms with E-state index >= 15 is 0 Å². The Balaban J connectivity index is 1.94. The van der Waals surface area contributed by atoms with Gasteiger partial charge in [-0.25, -0.2) is 0 Å². The topological polar surface area (TPSA) is 49.3 Å². The SMILES string of the molecule is CC1CCCC(CO)(NC(=O)C2CCCCCC2)C1. The van der Waals surface area contributed by atoms with Gasteiger partial charge in [-0.2, -0.15) is 0 Å². The van der Waals surface area contributed by atoms with Crippen molar-refractivity contribution in [3.05, 3.63) is 0 Å². The molecule has 2 N–H and O–H groups in total. The Morgan fingerprint density at radius 1 is 1.16 bits per heavy atom. The van der Waals surface area contributed by atoms with E-state index in [1.54, 1.807) is 0 Å². The van der Waals surface area contributed by atoms with Crippen molar-refractivity contribution in [3.8, 4) is 0 Å². The molecule has 0 aromatic carbocycles. The highest BCUT2D eigenvalue weighted by Gasteiger charge is 2.37. The molecule has 0 aromatic heterocycles. The molecule has 2 aliphatic carbocycles. The Morgan fingerprint density at radius 2 is 1.84 bits per heavy atom. The van der Waals surface area contributed by atoms with Gasteiger partial charge in [0.15, 0.2) is 0 Å². The minimum Gasteiger partial charge on any atom is -0.394 e. The average molecular weight is 267 g/mol. The second kappa shape index (κ2) is 6.74. The lowest BCUT2D eigenvalue weighted by atomic mass is 9.76. The van der Waals surface area contributed by atoms with E-state index in [4.69, 9.17) is 0 Å².